The average molecular weight is 244 g/mol. The normalized spacial score (nSPS) is 25.4. The standard InChI is InChI=1S/C12H24N2O3/c1-5-16-10-6-7-13-8-9(10)14-11(15)17-12(2,3)4/h9-10,13H,5-8H2,1-4H3,(H,14,15)/t9-,10+/m1/s1. The lowest BCUT2D eigenvalue weighted by atomic mass is 10.0. The van der Waals surface area contributed by atoms with Gasteiger partial charge >= 0.3 is 6.09 Å². The van der Waals surface area contributed by atoms with E-state index in [1.165, 1.54) is 0 Å². The quantitative estimate of drug-likeness (QED) is 0.785. The van der Waals surface area contributed by atoms with Crippen LogP contribution < -0.4 is 10.6 Å². The molecule has 0 aliphatic carbocycles. The van der Waals surface area contributed by atoms with E-state index in [1.54, 1.807) is 0 Å². The van der Waals surface area contributed by atoms with E-state index in [1.807, 2.05) is 27.7 Å². The highest BCUT2D eigenvalue weighted by atomic mass is 16.6. The lowest BCUT2D eigenvalue weighted by Crippen LogP contribution is -2.55. The zero-order valence-electron chi connectivity index (χ0n) is 11.2. The van der Waals surface area contributed by atoms with Crippen LogP contribution in [0, 0.1) is 0 Å². The fraction of sp³-hybridized carbons (Fsp3) is 0.917. The van der Waals surface area contributed by atoms with Gasteiger partial charge in [0.05, 0.1) is 12.1 Å². The molecular formula is C12H24N2O3. The van der Waals surface area contributed by atoms with Gasteiger partial charge in [0.1, 0.15) is 5.60 Å². The van der Waals surface area contributed by atoms with Gasteiger partial charge in [-0.2, -0.15) is 0 Å². The Balaban J connectivity index is 2.44. The maximum Gasteiger partial charge on any atom is 0.408 e. The molecule has 2 atom stereocenters. The van der Waals surface area contributed by atoms with E-state index >= 15 is 0 Å². The molecular weight excluding hydrogens is 220 g/mol. The Labute approximate surface area is 103 Å². The summed E-state index contributed by atoms with van der Waals surface area (Å²) in [6.07, 6.45) is 0.610. The average Bonchev–Trinajstić information content (AvgIpc) is 2.18. The van der Waals surface area contributed by atoms with Gasteiger partial charge in [-0.3, -0.25) is 0 Å². The molecule has 1 saturated heterocycles. The molecule has 0 spiro atoms. The number of amides is 1. The lowest BCUT2D eigenvalue weighted by Gasteiger charge is -2.33. The van der Waals surface area contributed by atoms with E-state index in [-0.39, 0.29) is 18.2 Å². The zero-order valence-corrected chi connectivity index (χ0v) is 11.2. The summed E-state index contributed by atoms with van der Waals surface area (Å²) in [6.45, 7) is 9.84. The highest BCUT2D eigenvalue weighted by molar-refractivity contribution is 5.68. The second-order valence-electron chi connectivity index (χ2n) is 5.24. The van der Waals surface area contributed by atoms with E-state index in [9.17, 15) is 4.79 Å². The van der Waals surface area contributed by atoms with Crippen LogP contribution in [0.2, 0.25) is 0 Å². The first-order valence-corrected chi connectivity index (χ1v) is 6.24. The van der Waals surface area contributed by atoms with Crippen LogP contribution in [0.4, 0.5) is 4.79 Å². The van der Waals surface area contributed by atoms with E-state index in [4.69, 9.17) is 9.47 Å². The molecule has 1 fully saturated rings. The van der Waals surface area contributed by atoms with Gasteiger partial charge in [0.2, 0.25) is 0 Å². The number of rotatable bonds is 3. The summed E-state index contributed by atoms with van der Waals surface area (Å²) in [4.78, 5) is 11.7. The lowest BCUT2D eigenvalue weighted by molar-refractivity contribution is 0.00725. The van der Waals surface area contributed by atoms with Crippen molar-refractivity contribution in [3.63, 3.8) is 0 Å². The molecule has 0 radical (unpaired) electrons. The topological polar surface area (TPSA) is 59.6 Å². The summed E-state index contributed by atoms with van der Waals surface area (Å²) in [5, 5.41) is 6.10. The van der Waals surface area contributed by atoms with Gasteiger partial charge < -0.3 is 20.1 Å². The van der Waals surface area contributed by atoms with Crippen LogP contribution in [-0.4, -0.2) is 43.5 Å². The first kappa shape index (κ1) is 14.3. The highest BCUT2D eigenvalue weighted by Gasteiger charge is 2.28. The number of ether oxygens (including phenoxy) is 2. The van der Waals surface area contributed by atoms with Crippen molar-refractivity contribution in [2.45, 2.75) is 51.9 Å². The van der Waals surface area contributed by atoms with Gasteiger partial charge in [-0.25, -0.2) is 4.79 Å². The Bertz CT molecular complexity index is 249. The number of carbonyl (C=O) groups excluding carboxylic acids is 1. The number of carbonyl (C=O) groups is 1. The molecule has 0 saturated carbocycles. The molecule has 0 aromatic carbocycles. The van der Waals surface area contributed by atoms with Crippen molar-refractivity contribution in [2.75, 3.05) is 19.7 Å². The summed E-state index contributed by atoms with van der Waals surface area (Å²) in [5.74, 6) is 0. The molecule has 17 heavy (non-hydrogen) atoms. The molecule has 5 heteroatoms. The number of hydrogen-bond donors (Lipinski definition) is 2. The van der Waals surface area contributed by atoms with E-state index < -0.39 is 5.60 Å². The molecule has 0 bridgehead atoms. The van der Waals surface area contributed by atoms with Crippen molar-refractivity contribution < 1.29 is 14.3 Å². The summed E-state index contributed by atoms with van der Waals surface area (Å²) in [7, 11) is 0. The first-order chi connectivity index (χ1) is 7.92. The molecule has 0 unspecified atom stereocenters. The highest BCUT2D eigenvalue weighted by Crippen LogP contribution is 2.11. The molecule has 1 amide bonds. The van der Waals surface area contributed by atoms with Crippen molar-refractivity contribution in [3.8, 4) is 0 Å². The third-order valence-corrected chi connectivity index (χ3v) is 2.50. The summed E-state index contributed by atoms with van der Waals surface area (Å²) >= 11 is 0. The van der Waals surface area contributed by atoms with Gasteiger partial charge in [0.25, 0.3) is 0 Å². The van der Waals surface area contributed by atoms with Crippen LogP contribution in [-0.2, 0) is 9.47 Å². The Hall–Kier alpha value is -0.810. The predicted molar refractivity (Wildman–Crippen MR) is 66.1 cm³/mol. The maximum absolute atomic E-state index is 11.7. The zero-order chi connectivity index (χ0) is 12.9. The van der Waals surface area contributed by atoms with Crippen LogP contribution in [0.3, 0.4) is 0 Å². The van der Waals surface area contributed by atoms with Gasteiger partial charge in [0.15, 0.2) is 0 Å². The number of nitrogens with one attached hydrogen (secondary N) is 2. The van der Waals surface area contributed by atoms with Crippen LogP contribution in [0.15, 0.2) is 0 Å². The van der Waals surface area contributed by atoms with E-state index in [2.05, 4.69) is 10.6 Å². The van der Waals surface area contributed by atoms with Crippen molar-refractivity contribution in [3.05, 3.63) is 0 Å². The minimum atomic E-state index is -0.465. The van der Waals surface area contributed by atoms with Gasteiger partial charge in [0, 0.05) is 13.2 Å². The van der Waals surface area contributed by atoms with Gasteiger partial charge in [-0.05, 0) is 40.7 Å². The first-order valence-electron chi connectivity index (χ1n) is 6.24. The Morgan fingerprint density at radius 3 is 2.76 bits per heavy atom. The number of piperidine rings is 1. The molecule has 5 nitrogen and oxygen atoms in total. The van der Waals surface area contributed by atoms with Crippen molar-refractivity contribution >= 4 is 6.09 Å². The van der Waals surface area contributed by atoms with E-state index in [0.29, 0.717) is 6.61 Å². The minimum absolute atomic E-state index is 0.0152. The molecule has 2 N–H and O–H groups in total. The maximum atomic E-state index is 11.7. The molecule has 1 aliphatic rings. The SMILES string of the molecule is CCO[C@H]1CCNC[C@H]1NC(=O)OC(C)(C)C. The number of hydrogen-bond acceptors (Lipinski definition) is 4. The number of alkyl carbamates (subject to hydrolysis) is 1. The Kier molecular flexibility index (Phi) is 5.21. The summed E-state index contributed by atoms with van der Waals surface area (Å²) in [5.41, 5.74) is -0.465. The second kappa shape index (κ2) is 6.21. The predicted octanol–water partition coefficient (Wildman–Crippen LogP) is 1.28. The fourth-order valence-electron chi connectivity index (χ4n) is 1.85. The van der Waals surface area contributed by atoms with Crippen molar-refractivity contribution in [1.82, 2.24) is 10.6 Å². The van der Waals surface area contributed by atoms with Crippen LogP contribution in [0.1, 0.15) is 34.1 Å². The smallest absolute Gasteiger partial charge is 0.408 e. The molecule has 1 rings (SSSR count). The minimum Gasteiger partial charge on any atom is -0.444 e. The molecule has 1 heterocycles. The van der Waals surface area contributed by atoms with E-state index in [0.717, 1.165) is 19.5 Å². The largest absolute Gasteiger partial charge is 0.444 e. The van der Waals surface area contributed by atoms with Crippen molar-refractivity contribution in [1.29, 1.82) is 0 Å². The summed E-state index contributed by atoms with van der Waals surface area (Å²) in [6, 6.07) is -0.0152. The Morgan fingerprint density at radius 2 is 2.18 bits per heavy atom. The summed E-state index contributed by atoms with van der Waals surface area (Å²) < 4.78 is 10.8. The van der Waals surface area contributed by atoms with Crippen molar-refractivity contribution in [2.24, 2.45) is 0 Å². The van der Waals surface area contributed by atoms with Gasteiger partial charge in [-0.15, -0.1) is 0 Å². The molecule has 1 aliphatic heterocycles. The van der Waals surface area contributed by atoms with Gasteiger partial charge in [-0.1, -0.05) is 0 Å². The van der Waals surface area contributed by atoms with Crippen LogP contribution in [0.5, 0.6) is 0 Å². The second-order valence-corrected chi connectivity index (χ2v) is 5.24. The fourth-order valence-corrected chi connectivity index (χ4v) is 1.85. The monoisotopic (exact) mass is 244 g/mol. The molecule has 0 aromatic rings. The Morgan fingerprint density at radius 1 is 1.47 bits per heavy atom. The molecule has 100 valence electrons. The molecule has 0 aromatic heterocycles. The van der Waals surface area contributed by atoms with Crippen LogP contribution in [0.25, 0.3) is 0 Å². The third kappa shape index (κ3) is 5.37. The third-order valence-electron chi connectivity index (χ3n) is 2.50. The van der Waals surface area contributed by atoms with Crippen LogP contribution >= 0.6 is 0 Å².